The molecule has 3 amide bonds. The van der Waals surface area contributed by atoms with Crippen molar-refractivity contribution in [2.75, 3.05) is 20.1 Å². The van der Waals surface area contributed by atoms with Crippen molar-refractivity contribution in [1.82, 2.24) is 20.0 Å². The van der Waals surface area contributed by atoms with Gasteiger partial charge in [-0.15, -0.1) is 0 Å². The number of aryl methyl sites for hydroxylation is 1. The summed E-state index contributed by atoms with van der Waals surface area (Å²) >= 11 is 0. The SMILES string of the molecule is CN1CCC(O)(C#Cc2cccc(-n3nc(C(N)=O)cc3CCCCNC(=O)C3CC3)c2)C1=O. The van der Waals surface area contributed by atoms with Gasteiger partial charge in [0.15, 0.2) is 5.69 Å². The van der Waals surface area contributed by atoms with Crippen LogP contribution in [0.15, 0.2) is 30.3 Å². The summed E-state index contributed by atoms with van der Waals surface area (Å²) in [6.07, 6.45) is 4.49. The Balaban J connectivity index is 1.47. The van der Waals surface area contributed by atoms with Crippen LogP contribution in [0.2, 0.25) is 0 Å². The Morgan fingerprint density at radius 1 is 1.29 bits per heavy atom. The maximum atomic E-state index is 12.2. The summed E-state index contributed by atoms with van der Waals surface area (Å²) in [5, 5.41) is 17.9. The van der Waals surface area contributed by atoms with E-state index in [0.29, 0.717) is 30.8 Å². The third-order valence-corrected chi connectivity index (χ3v) is 6.16. The van der Waals surface area contributed by atoms with Gasteiger partial charge in [-0.1, -0.05) is 17.9 Å². The van der Waals surface area contributed by atoms with Crippen LogP contribution in [-0.2, 0) is 16.0 Å². The van der Waals surface area contributed by atoms with E-state index in [0.717, 1.165) is 31.4 Å². The van der Waals surface area contributed by atoms with Crippen LogP contribution in [0.5, 0.6) is 0 Å². The van der Waals surface area contributed by atoms with Crippen molar-refractivity contribution in [3.05, 3.63) is 47.3 Å². The number of nitrogens with two attached hydrogens (primary N) is 1. The van der Waals surface area contributed by atoms with Crippen LogP contribution >= 0.6 is 0 Å². The number of likely N-dealkylation sites (tertiary alicyclic amines) is 1. The van der Waals surface area contributed by atoms with Gasteiger partial charge in [-0.25, -0.2) is 4.68 Å². The topological polar surface area (TPSA) is 131 Å². The monoisotopic (exact) mass is 463 g/mol. The fourth-order valence-corrected chi connectivity index (χ4v) is 3.94. The molecule has 4 N–H and O–H groups in total. The molecule has 2 heterocycles. The number of likely N-dealkylation sites (N-methyl/N-ethyl adjacent to an activating group) is 1. The molecule has 9 nitrogen and oxygen atoms in total. The van der Waals surface area contributed by atoms with Crippen LogP contribution in [0, 0.1) is 17.8 Å². The van der Waals surface area contributed by atoms with E-state index in [4.69, 9.17) is 5.73 Å². The number of aliphatic hydroxyl groups is 1. The van der Waals surface area contributed by atoms with E-state index >= 15 is 0 Å². The van der Waals surface area contributed by atoms with E-state index in [1.807, 2.05) is 6.07 Å². The average Bonchev–Trinajstić information content (AvgIpc) is 3.54. The van der Waals surface area contributed by atoms with Gasteiger partial charge in [-0.3, -0.25) is 14.4 Å². The number of aromatic nitrogens is 2. The summed E-state index contributed by atoms with van der Waals surface area (Å²) in [6, 6.07) is 8.89. The number of nitrogens with zero attached hydrogens (tertiary/aromatic N) is 3. The number of benzene rings is 1. The Bertz CT molecular complexity index is 1170. The van der Waals surface area contributed by atoms with E-state index in [9.17, 15) is 19.5 Å². The Hall–Kier alpha value is -3.64. The Morgan fingerprint density at radius 2 is 2.09 bits per heavy atom. The zero-order valence-corrected chi connectivity index (χ0v) is 19.2. The molecule has 1 aromatic carbocycles. The van der Waals surface area contributed by atoms with Gasteiger partial charge in [0.05, 0.1) is 5.69 Å². The predicted molar refractivity (Wildman–Crippen MR) is 125 cm³/mol. The van der Waals surface area contributed by atoms with Crippen LogP contribution < -0.4 is 11.1 Å². The molecule has 1 aromatic heterocycles. The maximum absolute atomic E-state index is 12.2. The highest BCUT2D eigenvalue weighted by Crippen LogP contribution is 2.28. The molecule has 0 bridgehead atoms. The van der Waals surface area contributed by atoms with Crippen LogP contribution in [-0.4, -0.2) is 63.2 Å². The highest BCUT2D eigenvalue weighted by Gasteiger charge is 2.42. The Morgan fingerprint density at radius 3 is 2.76 bits per heavy atom. The number of rotatable bonds is 8. The summed E-state index contributed by atoms with van der Waals surface area (Å²) in [5.74, 6) is 4.94. The fraction of sp³-hybridized carbons (Fsp3) is 0.440. The molecular formula is C25H29N5O4. The molecular weight excluding hydrogens is 434 g/mol. The van der Waals surface area contributed by atoms with Crippen molar-refractivity contribution in [3.8, 4) is 17.5 Å². The molecule has 9 heteroatoms. The van der Waals surface area contributed by atoms with Crippen molar-refractivity contribution in [2.45, 2.75) is 44.1 Å². The number of hydrogen-bond donors (Lipinski definition) is 3. The molecule has 2 aliphatic rings. The van der Waals surface area contributed by atoms with Gasteiger partial charge in [-0.05, 0) is 56.4 Å². The average molecular weight is 464 g/mol. The van der Waals surface area contributed by atoms with E-state index < -0.39 is 17.4 Å². The smallest absolute Gasteiger partial charge is 0.269 e. The molecule has 0 radical (unpaired) electrons. The normalized spacial score (nSPS) is 19.6. The van der Waals surface area contributed by atoms with Gasteiger partial charge in [0, 0.05) is 43.7 Å². The largest absolute Gasteiger partial charge is 0.369 e. The van der Waals surface area contributed by atoms with Gasteiger partial charge in [0.2, 0.25) is 11.5 Å². The van der Waals surface area contributed by atoms with Crippen molar-refractivity contribution in [1.29, 1.82) is 0 Å². The lowest BCUT2D eigenvalue weighted by atomic mass is 10.0. The van der Waals surface area contributed by atoms with Crippen LogP contribution in [0.1, 0.15) is 53.8 Å². The molecule has 1 aliphatic carbocycles. The summed E-state index contributed by atoms with van der Waals surface area (Å²) in [5.41, 5.74) is 6.07. The lowest BCUT2D eigenvalue weighted by Gasteiger charge is -2.13. The minimum Gasteiger partial charge on any atom is -0.369 e. The molecule has 2 aromatic rings. The van der Waals surface area contributed by atoms with Crippen molar-refractivity contribution >= 4 is 17.7 Å². The van der Waals surface area contributed by atoms with Crippen LogP contribution in [0.3, 0.4) is 0 Å². The molecule has 1 aliphatic heterocycles. The first-order chi connectivity index (χ1) is 16.3. The number of primary amides is 1. The molecule has 1 saturated heterocycles. The summed E-state index contributed by atoms with van der Waals surface area (Å²) in [4.78, 5) is 37.1. The molecule has 1 unspecified atom stereocenters. The fourth-order valence-electron chi connectivity index (χ4n) is 3.94. The van der Waals surface area contributed by atoms with E-state index in [1.165, 1.54) is 4.90 Å². The quantitative estimate of drug-likeness (QED) is 0.393. The zero-order chi connectivity index (χ0) is 24.3. The first-order valence-electron chi connectivity index (χ1n) is 11.5. The van der Waals surface area contributed by atoms with Crippen molar-refractivity contribution in [3.63, 3.8) is 0 Å². The standard InChI is InChI=1S/C25H29N5O4/c1-29-14-12-25(34,24(29)33)11-10-17-5-4-7-19(15-17)30-20(16-21(28-30)22(26)31)6-2-3-13-27-23(32)18-8-9-18/h4-5,7,15-16,18,34H,2-3,6,8-9,12-14H2,1H3,(H2,26,31)(H,27,32). The number of amides is 3. The van der Waals surface area contributed by atoms with Gasteiger partial charge >= 0.3 is 0 Å². The molecule has 1 saturated carbocycles. The molecule has 0 spiro atoms. The Labute approximate surface area is 198 Å². The van der Waals surface area contributed by atoms with Crippen LogP contribution in [0.4, 0.5) is 0 Å². The summed E-state index contributed by atoms with van der Waals surface area (Å²) in [7, 11) is 1.64. The van der Waals surface area contributed by atoms with E-state index in [-0.39, 0.29) is 23.9 Å². The number of carbonyl (C=O) groups excluding carboxylic acids is 3. The molecule has 34 heavy (non-hydrogen) atoms. The number of nitrogens with one attached hydrogen (secondary N) is 1. The predicted octanol–water partition coefficient (Wildman–Crippen LogP) is 0.765. The summed E-state index contributed by atoms with van der Waals surface area (Å²) < 4.78 is 1.66. The van der Waals surface area contributed by atoms with Crippen molar-refractivity contribution < 1.29 is 19.5 Å². The minimum absolute atomic E-state index is 0.134. The first-order valence-corrected chi connectivity index (χ1v) is 11.5. The molecule has 178 valence electrons. The van der Waals surface area contributed by atoms with Crippen molar-refractivity contribution in [2.24, 2.45) is 11.7 Å². The molecule has 4 rings (SSSR count). The third kappa shape index (κ3) is 5.29. The highest BCUT2D eigenvalue weighted by molar-refractivity contribution is 5.91. The second-order valence-electron chi connectivity index (χ2n) is 8.96. The maximum Gasteiger partial charge on any atom is 0.269 e. The van der Waals surface area contributed by atoms with Crippen LogP contribution in [0.25, 0.3) is 5.69 Å². The highest BCUT2D eigenvalue weighted by atomic mass is 16.3. The lowest BCUT2D eigenvalue weighted by molar-refractivity contribution is -0.137. The number of carbonyl (C=O) groups is 3. The van der Waals surface area contributed by atoms with Gasteiger partial charge in [-0.2, -0.15) is 5.10 Å². The molecule has 1 atom stereocenters. The second-order valence-corrected chi connectivity index (χ2v) is 8.96. The van der Waals surface area contributed by atoms with Gasteiger partial charge in [0.25, 0.3) is 11.8 Å². The number of hydrogen-bond acceptors (Lipinski definition) is 5. The van der Waals surface area contributed by atoms with Gasteiger partial charge in [0.1, 0.15) is 0 Å². The second kappa shape index (κ2) is 9.69. The summed E-state index contributed by atoms with van der Waals surface area (Å²) in [6.45, 7) is 1.08. The van der Waals surface area contributed by atoms with E-state index in [1.54, 1.807) is 36.0 Å². The minimum atomic E-state index is -1.67. The van der Waals surface area contributed by atoms with E-state index in [2.05, 4.69) is 22.3 Å². The third-order valence-electron chi connectivity index (χ3n) is 6.16. The zero-order valence-electron chi connectivity index (χ0n) is 19.2. The van der Waals surface area contributed by atoms with Gasteiger partial charge < -0.3 is 21.1 Å². The Kier molecular flexibility index (Phi) is 6.70. The first kappa shape index (κ1) is 23.5. The molecule has 2 fully saturated rings. The lowest BCUT2D eigenvalue weighted by Crippen LogP contribution is -2.37. The number of unbranched alkanes of at least 4 members (excludes halogenated alkanes) is 1.